The van der Waals surface area contributed by atoms with E-state index >= 15 is 0 Å². The van der Waals surface area contributed by atoms with Crippen LogP contribution in [0.3, 0.4) is 0 Å². The number of hydrogen-bond donors (Lipinski definition) is 0. The van der Waals surface area contributed by atoms with Crippen LogP contribution in [0.15, 0.2) is 83.5 Å². The van der Waals surface area contributed by atoms with E-state index in [1.807, 2.05) is 44.2 Å². The Labute approximate surface area is 194 Å². The van der Waals surface area contributed by atoms with Crippen molar-refractivity contribution in [2.75, 3.05) is 13.1 Å². The van der Waals surface area contributed by atoms with Crippen molar-refractivity contribution in [3.8, 4) is 0 Å². The van der Waals surface area contributed by atoms with Gasteiger partial charge in [-0.25, -0.2) is 4.39 Å². The number of furan rings is 1. The number of carbonyl (C=O) groups excluding carboxylic acids is 2. The minimum Gasteiger partial charge on any atom is -0.467 e. The van der Waals surface area contributed by atoms with Gasteiger partial charge >= 0.3 is 0 Å². The standard InChI is InChI=1S/C27H29FN2O3/c1-21(2)17-29(26(31)15-12-22-7-4-3-5-8-22)20-27(32)30(19-25-9-6-16-33-25)18-23-10-13-24(28)14-11-23/h3-16,21H,17-20H2,1-2H3. The van der Waals surface area contributed by atoms with Gasteiger partial charge in [0.1, 0.15) is 18.1 Å². The van der Waals surface area contributed by atoms with Crippen molar-refractivity contribution in [2.45, 2.75) is 26.9 Å². The molecule has 0 N–H and O–H groups in total. The number of benzene rings is 2. The van der Waals surface area contributed by atoms with Crippen LogP contribution in [-0.2, 0) is 22.7 Å². The van der Waals surface area contributed by atoms with Crippen molar-refractivity contribution in [3.05, 3.63) is 102 Å². The van der Waals surface area contributed by atoms with E-state index in [9.17, 15) is 14.0 Å². The van der Waals surface area contributed by atoms with Crippen molar-refractivity contribution < 1.29 is 18.4 Å². The Morgan fingerprint density at radius 3 is 2.30 bits per heavy atom. The molecule has 0 bridgehead atoms. The summed E-state index contributed by atoms with van der Waals surface area (Å²) in [5.74, 6) is 0.0682. The zero-order valence-electron chi connectivity index (χ0n) is 19.0. The van der Waals surface area contributed by atoms with Crippen molar-refractivity contribution in [2.24, 2.45) is 5.92 Å². The lowest BCUT2D eigenvalue weighted by molar-refractivity contribution is -0.139. The molecule has 33 heavy (non-hydrogen) atoms. The van der Waals surface area contributed by atoms with E-state index in [1.165, 1.54) is 18.2 Å². The lowest BCUT2D eigenvalue weighted by Crippen LogP contribution is -2.43. The molecule has 0 aliphatic carbocycles. The fourth-order valence-corrected chi connectivity index (χ4v) is 3.41. The highest BCUT2D eigenvalue weighted by molar-refractivity contribution is 5.94. The second-order valence-electron chi connectivity index (χ2n) is 8.31. The minimum atomic E-state index is -0.332. The summed E-state index contributed by atoms with van der Waals surface area (Å²) in [5.41, 5.74) is 1.71. The SMILES string of the molecule is CC(C)CN(CC(=O)N(Cc1ccc(F)cc1)Cc1ccco1)C(=O)C=Cc1ccccc1. The fourth-order valence-electron chi connectivity index (χ4n) is 3.41. The normalized spacial score (nSPS) is 11.2. The maximum Gasteiger partial charge on any atom is 0.247 e. The molecule has 0 unspecified atom stereocenters. The molecule has 2 amide bonds. The number of rotatable bonds is 10. The van der Waals surface area contributed by atoms with Gasteiger partial charge in [0, 0.05) is 19.2 Å². The summed E-state index contributed by atoms with van der Waals surface area (Å²) in [7, 11) is 0. The zero-order chi connectivity index (χ0) is 23.6. The van der Waals surface area contributed by atoms with Gasteiger partial charge in [-0.05, 0) is 47.4 Å². The first-order valence-corrected chi connectivity index (χ1v) is 11.0. The molecule has 0 aliphatic rings. The Morgan fingerprint density at radius 2 is 1.67 bits per heavy atom. The third-order valence-electron chi connectivity index (χ3n) is 5.01. The van der Waals surface area contributed by atoms with Crippen LogP contribution in [0.25, 0.3) is 6.08 Å². The van der Waals surface area contributed by atoms with Gasteiger partial charge in [0.25, 0.3) is 0 Å². The van der Waals surface area contributed by atoms with Crippen LogP contribution in [0.5, 0.6) is 0 Å². The zero-order valence-corrected chi connectivity index (χ0v) is 19.0. The van der Waals surface area contributed by atoms with Gasteiger partial charge in [0.2, 0.25) is 11.8 Å². The van der Waals surface area contributed by atoms with E-state index in [-0.39, 0.29) is 43.2 Å². The Kier molecular flexibility index (Phi) is 8.58. The third-order valence-corrected chi connectivity index (χ3v) is 5.01. The number of nitrogens with zero attached hydrogens (tertiary/aromatic N) is 2. The molecule has 5 nitrogen and oxygen atoms in total. The summed E-state index contributed by atoms with van der Waals surface area (Å²) in [6.45, 7) is 4.94. The molecule has 1 aromatic heterocycles. The summed E-state index contributed by atoms with van der Waals surface area (Å²) >= 11 is 0. The van der Waals surface area contributed by atoms with Crippen molar-refractivity contribution in [3.63, 3.8) is 0 Å². The average molecular weight is 449 g/mol. The van der Waals surface area contributed by atoms with Crippen LogP contribution in [0.1, 0.15) is 30.7 Å². The van der Waals surface area contributed by atoms with E-state index in [0.29, 0.717) is 12.3 Å². The van der Waals surface area contributed by atoms with Gasteiger partial charge in [0.15, 0.2) is 0 Å². The molecule has 0 fully saturated rings. The third kappa shape index (κ3) is 7.75. The molecule has 6 heteroatoms. The highest BCUT2D eigenvalue weighted by Gasteiger charge is 2.22. The molecule has 3 aromatic rings. The van der Waals surface area contributed by atoms with E-state index in [4.69, 9.17) is 4.42 Å². The van der Waals surface area contributed by atoms with Crippen molar-refractivity contribution >= 4 is 17.9 Å². The minimum absolute atomic E-state index is 0.0575. The number of halogens is 1. The topological polar surface area (TPSA) is 53.8 Å². The highest BCUT2D eigenvalue weighted by atomic mass is 19.1. The molecule has 0 saturated heterocycles. The van der Waals surface area contributed by atoms with Crippen LogP contribution in [0, 0.1) is 11.7 Å². The van der Waals surface area contributed by atoms with Crippen LogP contribution in [0.4, 0.5) is 4.39 Å². The maximum absolute atomic E-state index is 13.3. The maximum atomic E-state index is 13.3. The fraction of sp³-hybridized carbons (Fsp3) is 0.259. The molecule has 2 aromatic carbocycles. The summed E-state index contributed by atoms with van der Waals surface area (Å²) in [6, 6.07) is 19.1. The largest absolute Gasteiger partial charge is 0.467 e. The number of carbonyl (C=O) groups is 2. The van der Waals surface area contributed by atoms with E-state index in [2.05, 4.69) is 0 Å². The Bertz CT molecular complexity index is 1040. The first kappa shape index (κ1) is 24.0. The lowest BCUT2D eigenvalue weighted by Gasteiger charge is -2.28. The molecule has 0 atom stereocenters. The van der Waals surface area contributed by atoms with Crippen LogP contribution < -0.4 is 0 Å². The molecule has 0 aliphatic heterocycles. The predicted molar refractivity (Wildman–Crippen MR) is 126 cm³/mol. The summed E-state index contributed by atoms with van der Waals surface area (Å²) in [5, 5.41) is 0. The van der Waals surface area contributed by atoms with E-state index < -0.39 is 0 Å². The second kappa shape index (κ2) is 11.8. The Balaban J connectivity index is 1.75. The Hall–Kier alpha value is -3.67. The summed E-state index contributed by atoms with van der Waals surface area (Å²) in [6.07, 6.45) is 4.81. The van der Waals surface area contributed by atoms with Crippen molar-refractivity contribution in [1.29, 1.82) is 0 Å². The van der Waals surface area contributed by atoms with Crippen LogP contribution in [-0.4, -0.2) is 34.7 Å². The molecule has 0 spiro atoms. The van der Waals surface area contributed by atoms with Gasteiger partial charge in [-0.2, -0.15) is 0 Å². The average Bonchev–Trinajstić information content (AvgIpc) is 3.31. The van der Waals surface area contributed by atoms with Gasteiger partial charge in [-0.1, -0.05) is 56.3 Å². The quantitative estimate of drug-likeness (QED) is 0.403. The molecule has 1 heterocycles. The summed E-state index contributed by atoms with van der Waals surface area (Å²) < 4.78 is 18.7. The van der Waals surface area contributed by atoms with Gasteiger partial charge in [-0.3, -0.25) is 9.59 Å². The van der Waals surface area contributed by atoms with Gasteiger partial charge < -0.3 is 14.2 Å². The second-order valence-corrected chi connectivity index (χ2v) is 8.31. The predicted octanol–water partition coefficient (Wildman–Crippen LogP) is 5.15. The molecule has 172 valence electrons. The number of hydrogen-bond acceptors (Lipinski definition) is 3. The first-order chi connectivity index (χ1) is 15.9. The monoisotopic (exact) mass is 448 g/mol. The lowest BCUT2D eigenvalue weighted by atomic mass is 10.1. The van der Waals surface area contributed by atoms with E-state index in [1.54, 1.807) is 46.4 Å². The van der Waals surface area contributed by atoms with Crippen LogP contribution >= 0.6 is 0 Å². The number of amides is 2. The molecular weight excluding hydrogens is 419 g/mol. The smallest absolute Gasteiger partial charge is 0.247 e. The van der Waals surface area contributed by atoms with Gasteiger partial charge in [0.05, 0.1) is 12.8 Å². The summed E-state index contributed by atoms with van der Waals surface area (Å²) in [4.78, 5) is 29.4. The first-order valence-electron chi connectivity index (χ1n) is 11.0. The molecule has 0 saturated carbocycles. The van der Waals surface area contributed by atoms with E-state index in [0.717, 1.165) is 11.1 Å². The van der Waals surface area contributed by atoms with Crippen LogP contribution in [0.2, 0.25) is 0 Å². The highest BCUT2D eigenvalue weighted by Crippen LogP contribution is 2.13. The molecule has 3 rings (SSSR count). The molecule has 0 radical (unpaired) electrons. The van der Waals surface area contributed by atoms with Crippen molar-refractivity contribution in [1.82, 2.24) is 9.80 Å². The van der Waals surface area contributed by atoms with Gasteiger partial charge in [-0.15, -0.1) is 0 Å². The molecular formula is C27H29FN2O3. The Morgan fingerprint density at radius 1 is 0.939 bits per heavy atom.